The van der Waals surface area contributed by atoms with Gasteiger partial charge in [-0.1, -0.05) is 6.92 Å². The summed E-state index contributed by atoms with van der Waals surface area (Å²) in [6.45, 7) is 2.67. The molecule has 1 unspecified atom stereocenters. The van der Waals surface area contributed by atoms with E-state index < -0.39 is 0 Å². The molecule has 15 heavy (non-hydrogen) atoms. The monoisotopic (exact) mass is 285 g/mol. The Hall–Kier alpha value is -0.650. The summed E-state index contributed by atoms with van der Waals surface area (Å²) in [6.07, 6.45) is 1.86. The van der Waals surface area contributed by atoms with Crippen LogP contribution in [-0.4, -0.2) is 16.5 Å². The first-order valence-corrected chi connectivity index (χ1v) is 6.37. The lowest BCUT2D eigenvalue weighted by atomic mass is 10.2. The summed E-state index contributed by atoms with van der Waals surface area (Å²) in [6, 6.07) is 2.08. The first-order chi connectivity index (χ1) is 7.20. The molecule has 0 aliphatic heterocycles. The maximum Gasteiger partial charge on any atom is 0.110 e. The molecule has 0 aliphatic rings. The average molecular weight is 286 g/mol. The van der Waals surface area contributed by atoms with Crippen molar-refractivity contribution in [1.29, 1.82) is 0 Å². The highest BCUT2D eigenvalue weighted by molar-refractivity contribution is 9.10. The largest absolute Gasteiger partial charge is 0.341 e. The molecule has 0 fully saturated rings. The smallest absolute Gasteiger partial charge is 0.110 e. The molecule has 0 radical (unpaired) electrons. The topological polar surface area (TPSA) is 54.7 Å². The van der Waals surface area contributed by atoms with E-state index in [0.29, 0.717) is 6.54 Å². The van der Waals surface area contributed by atoms with Crippen molar-refractivity contribution in [2.45, 2.75) is 12.8 Å². The molecule has 0 saturated heterocycles. The first-order valence-electron chi connectivity index (χ1n) is 4.70. The molecular weight excluding hydrogens is 274 g/mol. The zero-order chi connectivity index (χ0) is 10.8. The van der Waals surface area contributed by atoms with Gasteiger partial charge in [-0.2, -0.15) is 0 Å². The van der Waals surface area contributed by atoms with Crippen LogP contribution in [0, 0.1) is 0 Å². The predicted octanol–water partition coefficient (Wildman–Crippen LogP) is 2.96. The Bertz CT molecular complexity index is 449. The number of halogens is 1. The van der Waals surface area contributed by atoms with E-state index in [-0.39, 0.29) is 5.92 Å². The molecule has 2 aromatic rings. The molecule has 5 heteroatoms. The highest BCUT2D eigenvalue weighted by atomic mass is 79.9. The Morgan fingerprint density at radius 2 is 2.47 bits per heavy atom. The molecule has 0 saturated carbocycles. The van der Waals surface area contributed by atoms with Crippen molar-refractivity contribution in [2.75, 3.05) is 6.54 Å². The number of aromatic amines is 1. The number of thiophene rings is 1. The van der Waals surface area contributed by atoms with Gasteiger partial charge < -0.3 is 10.7 Å². The van der Waals surface area contributed by atoms with Crippen LogP contribution in [0.25, 0.3) is 10.6 Å². The van der Waals surface area contributed by atoms with Crippen LogP contribution in [0.1, 0.15) is 18.7 Å². The van der Waals surface area contributed by atoms with Gasteiger partial charge in [0, 0.05) is 22.3 Å². The van der Waals surface area contributed by atoms with Gasteiger partial charge in [0.15, 0.2) is 0 Å². The number of imidazole rings is 1. The third-order valence-corrected chi connectivity index (χ3v) is 3.97. The molecule has 1 atom stereocenters. The van der Waals surface area contributed by atoms with Gasteiger partial charge in [0.2, 0.25) is 0 Å². The van der Waals surface area contributed by atoms with E-state index in [0.717, 1.165) is 16.0 Å². The summed E-state index contributed by atoms with van der Waals surface area (Å²) in [5.74, 6) is 1.24. The van der Waals surface area contributed by atoms with Gasteiger partial charge in [-0.05, 0) is 22.0 Å². The minimum atomic E-state index is 0.280. The second-order valence-electron chi connectivity index (χ2n) is 3.45. The molecular formula is C10H12BrN3S. The van der Waals surface area contributed by atoms with Crippen molar-refractivity contribution in [2.24, 2.45) is 5.73 Å². The van der Waals surface area contributed by atoms with Gasteiger partial charge in [0.1, 0.15) is 5.82 Å². The van der Waals surface area contributed by atoms with E-state index in [9.17, 15) is 0 Å². The Balaban J connectivity index is 2.27. The molecule has 0 aliphatic carbocycles. The molecule has 2 heterocycles. The van der Waals surface area contributed by atoms with Gasteiger partial charge in [-0.25, -0.2) is 4.98 Å². The van der Waals surface area contributed by atoms with Gasteiger partial charge in [0.05, 0.1) is 16.8 Å². The second kappa shape index (κ2) is 4.47. The fourth-order valence-corrected chi connectivity index (χ4v) is 2.67. The first kappa shape index (κ1) is 10.9. The van der Waals surface area contributed by atoms with Crippen LogP contribution in [0.3, 0.4) is 0 Å². The van der Waals surface area contributed by atoms with Crippen molar-refractivity contribution in [3.8, 4) is 10.6 Å². The number of nitrogens with two attached hydrogens (primary N) is 1. The molecule has 0 amide bonds. The Labute approximate surface area is 101 Å². The summed E-state index contributed by atoms with van der Waals surface area (Å²) < 4.78 is 1.10. The zero-order valence-corrected chi connectivity index (χ0v) is 10.7. The van der Waals surface area contributed by atoms with Crippen molar-refractivity contribution in [1.82, 2.24) is 9.97 Å². The van der Waals surface area contributed by atoms with E-state index in [1.54, 1.807) is 11.3 Å². The summed E-state index contributed by atoms with van der Waals surface area (Å²) in [4.78, 5) is 8.81. The summed E-state index contributed by atoms with van der Waals surface area (Å²) in [7, 11) is 0. The maximum atomic E-state index is 5.59. The lowest BCUT2D eigenvalue weighted by Gasteiger charge is -2.02. The molecule has 2 aromatic heterocycles. The van der Waals surface area contributed by atoms with Crippen LogP contribution in [0.2, 0.25) is 0 Å². The van der Waals surface area contributed by atoms with Crippen molar-refractivity contribution in [3.63, 3.8) is 0 Å². The van der Waals surface area contributed by atoms with Gasteiger partial charge in [-0.15, -0.1) is 11.3 Å². The minimum absolute atomic E-state index is 0.280. The fourth-order valence-electron chi connectivity index (χ4n) is 1.28. The molecule has 0 aromatic carbocycles. The third-order valence-electron chi connectivity index (χ3n) is 2.25. The Morgan fingerprint density at radius 1 is 1.67 bits per heavy atom. The lowest BCUT2D eigenvalue weighted by Crippen LogP contribution is -2.10. The zero-order valence-electron chi connectivity index (χ0n) is 8.33. The van der Waals surface area contributed by atoms with Crippen LogP contribution >= 0.6 is 27.3 Å². The Morgan fingerprint density at radius 3 is 3.07 bits per heavy atom. The van der Waals surface area contributed by atoms with Crippen LogP contribution in [0.5, 0.6) is 0 Å². The van der Waals surface area contributed by atoms with E-state index >= 15 is 0 Å². The molecule has 0 bridgehead atoms. The highest BCUT2D eigenvalue weighted by Gasteiger charge is 2.09. The number of aromatic nitrogens is 2. The normalized spacial score (nSPS) is 13.0. The Kier molecular flexibility index (Phi) is 3.23. The highest BCUT2D eigenvalue weighted by Crippen LogP contribution is 2.29. The molecule has 2 rings (SSSR count). The molecule has 3 N–H and O–H groups in total. The summed E-state index contributed by atoms with van der Waals surface area (Å²) in [5, 5.41) is 2.06. The fraction of sp³-hybridized carbons (Fsp3) is 0.300. The number of nitrogens with one attached hydrogen (secondary N) is 1. The van der Waals surface area contributed by atoms with E-state index in [2.05, 4.69) is 44.3 Å². The van der Waals surface area contributed by atoms with Gasteiger partial charge >= 0.3 is 0 Å². The second-order valence-corrected chi connectivity index (χ2v) is 5.27. The molecule has 3 nitrogen and oxygen atoms in total. The molecule has 0 spiro atoms. The number of hydrogen-bond acceptors (Lipinski definition) is 3. The quantitative estimate of drug-likeness (QED) is 0.911. The SMILES string of the molecule is CC(CN)c1ncc(-c2cc(Br)cs2)[nH]1. The van der Waals surface area contributed by atoms with E-state index in [1.165, 1.54) is 4.88 Å². The van der Waals surface area contributed by atoms with Gasteiger partial charge in [0.25, 0.3) is 0 Å². The van der Waals surface area contributed by atoms with Crippen molar-refractivity contribution in [3.05, 3.63) is 27.9 Å². The summed E-state index contributed by atoms with van der Waals surface area (Å²) >= 11 is 5.12. The summed E-state index contributed by atoms with van der Waals surface area (Å²) in [5.41, 5.74) is 6.65. The standard InChI is InChI=1S/C10H12BrN3S/c1-6(3-12)10-13-4-8(14-10)9-2-7(11)5-15-9/h2,4-6H,3,12H2,1H3,(H,13,14). The molecule has 80 valence electrons. The number of hydrogen-bond donors (Lipinski definition) is 2. The van der Waals surface area contributed by atoms with Crippen LogP contribution in [0.4, 0.5) is 0 Å². The van der Waals surface area contributed by atoms with Crippen LogP contribution in [-0.2, 0) is 0 Å². The van der Waals surface area contributed by atoms with Crippen molar-refractivity contribution >= 4 is 27.3 Å². The minimum Gasteiger partial charge on any atom is -0.341 e. The van der Waals surface area contributed by atoms with Crippen LogP contribution in [0.15, 0.2) is 22.1 Å². The lowest BCUT2D eigenvalue weighted by molar-refractivity contribution is 0.725. The van der Waals surface area contributed by atoms with Crippen molar-refractivity contribution < 1.29 is 0 Å². The van der Waals surface area contributed by atoms with Gasteiger partial charge in [-0.3, -0.25) is 0 Å². The number of H-pyrrole nitrogens is 1. The number of nitrogens with zero attached hydrogens (tertiary/aromatic N) is 1. The van der Waals surface area contributed by atoms with E-state index in [1.807, 2.05) is 6.20 Å². The predicted molar refractivity (Wildman–Crippen MR) is 67.1 cm³/mol. The van der Waals surface area contributed by atoms with Crippen LogP contribution < -0.4 is 5.73 Å². The van der Waals surface area contributed by atoms with E-state index in [4.69, 9.17) is 5.73 Å². The maximum absolute atomic E-state index is 5.59. The number of rotatable bonds is 3. The average Bonchev–Trinajstić information content (AvgIpc) is 2.84. The third kappa shape index (κ3) is 2.30.